The number of hydrogen-bond donors (Lipinski definition) is 0. The van der Waals surface area contributed by atoms with Gasteiger partial charge in [-0.1, -0.05) is 29.8 Å². The highest BCUT2D eigenvalue weighted by Gasteiger charge is 2.22. The van der Waals surface area contributed by atoms with E-state index in [1.54, 1.807) is 0 Å². The molecule has 1 aromatic carbocycles. The molecule has 0 N–H and O–H groups in total. The molecule has 1 aromatic rings. The lowest BCUT2D eigenvalue weighted by molar-refractivity contribution is -0.122. The van der Waals surface area contributed by atoms with Crippen molar-refractivity contribution in [2.75, 3.05) is 13.2 Å². The molecule has 1 aliphatic rings. The van der Waals surface area contributed by atoms with E-state index in [1.807, 2.05) is 0 Å². The van der Waals surface area contributed by atoms with Crippen molar-refractivity contribution in [3.8, 4) is 0 Å². The van der Waals surface area contributed by atoms with Gasteiger partial charge < -0.3 is 4.74 Å². The fourth-order valence-corrected chi connectivity index (χ4v) is 2.01. The molecule has 2 rings (SSSR count). The molecular formula is C14H18O2. The summed E-state index contributed by atoms with van der Waals surface area (Å²) in [5, 5.41) is 0. The summed E-state index contributed by atoms with van der Waals surface area (Å²) in [6.07, 6.45) is 2.42. The highest BCUT2D eigenvalue weighted by atomic mass is 16.5. The Morgan fingerprint density at radius 1 is 1.38 bits per heavy atom. The number of aryl methyl sites for hydroxylation is 2. The average Bonchev–Trinajstić information content (AvgIpc) is 2.81. The number of rotatable bonds is 4. The van der Waals surface area contributed by atoms with Gasteiger partial charge in [0.1, 0.15) is 5.78 Å². The topological polar surface area (TPSA) is 26.3 Å². The Morgan fingerprint density at radius 3 is 2.75 bits per heavy atom. The van der Waals surface area contributed by atoms with Crippen LogP contribution < -0.4 is 0 Å². The molecule has 0 radical (unpaired) electrons. The van der Waals surface area contributed by atoms with Crippen LogP contribution in [-0.2, 0) is 16.0 Å². The van der Waals surface area contributed by atoms with E-state index in [-0.39, 0.29) is 5.92 Å². The van der Waals surface area contributed by atoms with E-state index >= 15 is 0 Å². The van der Waals surface area contributed by atoms with E-state index < -0.39 is 0 Å². The van der Waals surface area contributed by atoms with Crippen molar-refractivity contribution >= 4 is 5.78 Å². The van der Waals surface area contributed by atoms with Crippen LogP contribution in [-0.4, -0.2) is 19.0 Å². The molecular weight excluding hydrogens is 200 g/mol. The number of ether oxygens (including phenoxy) is 1. The third kappa shape index (κ3) is 2.92. The second-order valence-electron chi connectivity index (χ2n) is 4.51. The lowest BCUT2D eigenvalue weighted by Crippen LogP contribution is -2.14. The zero-order valence-corrected chi connectivity index (χ0v) is 9.74. The molecule has 0 saturated carbocycles. The van der Waals surface area contributed by atoms with Crippen molar-refractivity contribution < 1.29 is 9.53 Å². The van der Waals surface area contributed by atoms with E-state index in [2.05, 4.69) is 31.2 Å². The number of Topliss-reactive ketones (excluding diaryl/α,β-unsaturated/α-hetero) is 1. The second-order valence-corrected chi connectivity index (χ2v) is 4.51. The molecule has 2 nitrogen and oxygen atoms in total. The summed E-state index contributed by atoms with van der Waals surface area (Å²) < 4.78 is 5.23. The standard InChI is InChI=1S/C14H18O2/c1-11-2-4-12(5-3-11)6-7-14(15)13-8-9-16-10-13/h2-5,13H,6-10H2,1H3. The lowest BCUT2D eigenvalue weighted by atomic mass is 9.97. The van der Waals surface area contributed by atoms with Crippen molar-refractivity contribution in [3.63, 3.8) is 0 Å². The summed E-state index contributed by atoms with van der Waals surface area (Å²) in [6, 6.07) is 8.40. The first-order valence-corrected chi connectivity index (χ1v) is 5.92. The van der Waals surface area contributed by atoms with E-state index in [1.165, 1.54) is 11.1 Å². The largest absolute Gasteiger partial charge is 0.381 e. The summed E-state index contributed by atoms with van der Waals surface area (Å²) >= 11 is 0. The Balaban J connectivity index is 1.82. The Labute approximate surface area is 96.6 Å². The zero-order chi connectivity index (χ0) is 11.4. The molecule has 1 saturated heterocycles. The molecule has 0 amide bonds. The summed E-state index contributed by atoms with van der Waals surface area (Å²) in [5.41, 5.74) is 2.51. The fraction of sp³-hybridized carbons (Fsp3) is 0.500. The molecule has 16 heavy (non-hydrogen) atoms. The number of ketones is 1. The van der Waals surface area contributed by atoms with Crippen molar-refractivity contribution in [2.45, 2.75) is 26.2 Å². The smallest absolute Gasteiger partial charge is 0.138 e. The first-order chi connectivity index (χ1) is 7.75. The SMILES string of the molecule is Cc1ccc(CCC(=O)C2CCOC2)cc1. The van der Waals surface area contributed by atoms with Gasteiger partial charge in [0, 0.05) is 18.9 Å². The third-order valence-corrected chi connectivity index (χ3v) is 3.17. The van der Waals surface area contributed by atoms with Gasteiger partial charge in [0.2, 0.25) is 0 Å². The maximum absolute atomic E-state index is 11.8. The van der Waals surface area contributed by atoms with Crippen LogP contribution in [0.15, 0.2) is 24.3 Å². The van der Waals surface area contributed by atoms with E-state index in [4.69, 9.17) is 4.74 Å². The molecule has 1 heterocycles. The summed E-state index contributed by atoms with van der Waals surface area (Å²) in [7, 11) is 0. The quantitative estimate of drug-likeness (QED) is 0.776. The van der Waals surface area contributed by atoms with Gasteiger partial charge in [-0.25, -0.2) is 0 Å². The van der Waals surface area contributed by atoms with Crippen LogP contribution in [0.3, 0.4) is 0 Å². The minimum Gasteiger partial charge on any atom is -0.381 e. The molecule has 86 valence electrons. The van der Waals surface area contributed by atoms with Crippen LogP contribution in [0.1, 0.15) is 24.0 Å². The first-order valence-electron chi connectivity index (χ1n) is 5.92. The number of carbonyl (C=O) groups is 1. The van der Waals surface area contributed by atoms with Gasteiger partial charge in [-0.05, 0) is 25.3 Å². The van der Waals surface area contributed by atoms with Crippen LogP contribution in [0.4, 0.5) is 0 Å². The summed E-state index contributed by atoms with van der Waals surface area (Å²) in [6.45, 7) is 3.46. The number of benzene rings is 1. The summed E-state index contributed by atoms with van der Waals surface area (Å²) in [5.74, 6) is 0.517. The minimum atomic E-state index is 0.158. The number of carbonyl (C=O) groups excluding carboxylic acids is 1. The van der Waals surface area contributed by atoms with Crippen molar-refractivity contribution in [3.05, 3.63) is 35.4 Å². The van der Waals surface area contributed by atoms with Gasteiger partial charge in [-0.3, -0.25) is 4.79 Å². The van der Waals surface area contributed by atoms with Crippen molar-refractivity contribution in [1.29, 1.82) is 0 Å². The molecule has 0 aliphatic carbocycles. The fourth-order valence-electron chi connectivity index (χ4n) is 2.01. The van der Waals surface area contributed by atoms with E-state index in [0.717, 1.165) is 19.4 Å². The third-order valence-electron chi connectivity index (χ3n) is 3.17. The van der Waals surface area contributed by atoms with E-state index in [9.17, 15) is 4.79 Å². The van der Waals surface area contributed by atoms with E-state index in [0.29, 0.717) is 18.8 Å². The Hall–Kier alpha value is -1.15. The van der Waals surface area contributed by atoms with Crippen LogP contribution in [0.25, 0.3) is 0 Å². The molecule has 0 aromatic heterocycles. The van der Waals surface area contributed by atoms with Crippen molar-refractivity contribution in [1.82, 2.24) is 0 Å². The van der Waals surface area contributed by atoms with Crippen LogP contribution >= 0.6 is 0 Å². The highest BCUT2D eigenvalue weighted by molar-refractivity contribution is 5.81. The predicted octanol–water partition coefficient (Wildman–Crippen LogP) is 2.53. The molecule has 2 heteroatoms. The lowest BCUT2D eigenvalue weighted by Gasteiger charge is -2.06. The van der Waals surface area contributed by atoms with Crippen LogP contribution in [0.2, 0.25) is 0 Å². The first kappa shape index (κ1) is 11.3. The Kier molecular flexibility index (Phi) is 3.73. The average molecular weight is 218 g/mol. The van der Waals surface area contributed by atoms with Gasteiger partial charge >= 0.3 is 0 Å². The molecule has 0 spiro atoms. The second kappa shape index (κ2) is 5.26. The number of hydrogen-bond acceptors (Lipinski definition) is 2. The Bertz CT molecular complexity index is 348. The maximum atomic E-state index is 11.8. The molecule has 1 fully saturated rings. The maximum Gasteiger partial charge on any atom is 0.138 e. The van der Waals surface area contributed by atoms with Crippen molar-refractivity contribution in [2.24, 2.45) is 5.92 Å². The van der Waals surface area contributed by atoms with Gasteiger partial charge in [0.25, 0.3) is 0 Å². The zero-order valence-electron chi connectivity index (χ0n) is 9.74. The van der Waals surface area contributed by atoms with Crippen LogP contribution in [0.5, 0.6) is 0 Å². The molecule has 1 atom stereocenters. The molecule has 0 bridgehead atoms. The highest BCUT2D eigenvalue weighted by Crippen LogP contribution is 2.16. The van der Waals surface area contributed by atoms with Gasteiger partial charge in [-0.15, -0.1) is 0 Å². The predicted molar refractivity (Wildman–Crippen MR) is 63.4 cm³/mol. The monoisotopic (exact) mass is 218 g/mol. The van der Waals surface area contributed by atoms with Gasteiger partial charge in [0.15, 0.2) is 0 Å². The normalized spacial score (nSPS) is 19.9. The Morgan fingerprint density at radius 2 is 2.12 bits per heavy atom. The van der Waals surface area contributed by atoms with Crippen LogP contribution in [0, 0.1) is 12.8 Å². The van der Waals surface area contributed by atoms with Gasteiger partial charge in [0.05, 0.1) is 6.61 Å². The molecule has 1 aliphatic heterocycles. The summed E-state index contributed by atoms with van der Waals surface area (Å²) in [4.78, 5) is 11.8. The molecule has 1 unspecified atom stereocenters. The van der Waals surface area contributed by atoms with Gasteiger partial charge in [-0.2, -0.15) is 0 Å². The minimum absolute atomic E-state index is 0.158.